The van der Waals surface area contributed by atoms with E-state index in [1.54, 1.807) is 0 Å². The van der Waals surface area contributed by atoms with Crippen LogP contribution in [0.1, 0.15) is 48.7 Å². The molecule has 1 aromatic carbocycles. The van der Waals surface area contributed by atoms with E-state index in [1.165, 1.54) is 29.8 Å². The molecule has 0 amide bonds. The zero-order chi connectivity index (χ0) is 17.8. The number of piperidine rings is 1. The van der Waals surface area contributed by atoms with Crippen LogP contribution in [-0.4, -0.2) is 32.5 Å². The highest BCUT2D eigenvalue weighted by atomic mass is 15.2. The van der Waals surface area contributed by atoms with Crippen LogP contribution in [0.25, 0.3) is 0 Å². The number of likely N-dealkylation sites (tertiary alicyclic amines) is 1. The Balaban J connectivity index is 1.42. The number of benzene rings is 1. The van der Waals surface area contributed by atoms with Gasteiger partial charge in [-0.25, -0.2) is 4.98 Å². The second-order valence-electron chi connectivity index (χ2n) is 7.19. The highest BCUT2D eigenvalue weighted by Gasteiger charge is 2.24. The van der Waals surface area contributed by atoms with Crippen LogP contribution in [0.3, 0.4) is 0 Å². The number of pyridine rings is 1. The summed E-state index contributed by atoms with van der Waals surface area (Å²) in [7, 11) is 0. The van der Waals surface area contributed by atoms with Crippen molar-refractivity contribution in [1.29, 1.82) is 0 Å². The Morgan fingerprint density at radius 3 is 2.58 bits per heavy atom. The van der Waals surface area contributed by atoms with Crippen molar-refractivity contribution >= 4 is 0 Å². The van der Waals surface area contributed by atoms with E-state index in [2.05, 4.69) is 64.0 Å². The fourth-order valence-electron chi connectivity index (χ4n) is 3.96. The van der Waals surface area contributed by atoms with E-state index < -0.39 is 0 Å². The molecule has 1 aliphatic heterocycles. The molecule has 26 heavy (non-hydrogen) atoms. The van der Waals surface area contributed by atoms with Gasteiger partial charge in [0.05, 0.1) is 0 Å². The molecule has 0 saturated carbocycles. The normalized spacial score (nSPS) is 17.3. The topological polar surface area (TPSA) is 34.0 Å². The van der Waals surface area contributed by atoms with Gasteiger partial charge in [-0.2, -0.15) is 0 Å². The van der Waals surface area contributed by atoms with Gasteiger partial charge in [0.25, 0.3) is 0 Å². The zero-order valence-electron chi connectivity index (χ0n) is 15.3. The lowest BCUT2D eigenvalue weighted by atomic mass is 9.98. The Labute approximate surface area is 155 Å². The largest absolute Gasteiger partial charge is 0.331 e. The average Bonchev–Trinajstić information content (AvgIpc) is 3.19. The molecule has 1 fully saturated rings. The molecular weight excluding hydrogens is 320 g/mol. The fourth-order valence-corrected chi connectivity index (χ4v) is 3.96. The van der Waals surface area contributed by atoms with Crippen molar-refractivity contribution in [2.24, 2.45) is 0 Å². The maximum absolute atomic E-state index is 4.70. The van der Waals surface area contributed by atoms with Gasteiger partial charge in [0.15, 0.2) is 0 Å². The Bertz CT molecular complexity index is 804. The van der Waals surface area contributed by atoms with Crippen molar-refractivity contribution in [3.8, 4) is 0 Å². The lowest BCUT2D eigenvalue weighted by Crippen LogP contribution is -2.34. The molecule has 3 aromatic rings. The van der Waals surface area contributed by atoms with Crippen molar-refractivity contribution in [2.45, 2.75) is 38.3 Å². The molecule has 0 spiro atoms. The van der Waals surface area contributed by atoms with Crippen LogP contribution in [0.4, 0.5) is 0 Å². The summed E-state index contributed by atoms with van der Waals surface area (Å²) in [5.74, 6) is 1.50. The van der Waals surface area contributed by atoms with E-state index in [9.17, 15) is 0 Å². The first kappa shape index (κ1) is 17.0. The van der Waals surface area contributed by atoms with Crippen LogP contribution in [-0.2, 0) is 6.54 Å². The van der Waals surface area contributed by atoms with Gasteiger partial charge in [-0.05, 0) is 30.0 Å². The quantitative estimate of drug-likeness (QED) is 0.692. The molecule has 4 rings (SSSR count). The molecule has 1 aliphatic rings. The molecule has 0 N–H and O–H groups in total. The van der Waals surface area contributed by atoms with E-state index in [4.69, 9.17) is 4.98 Å². The second kappa shape index (κ2) is 7.83. The predicted octanol–water partition coefficient (Wildman–Crippen LogP) is 4.27. The van der Waals surface area contributed by atoms with E-state index >= 15 is 0 Å². The van der Waals surface area contributed by atoms with Crippen LogP contribution in [0, 0.1) is 0 Å². The van der Waals surface area contributed by atoms with Crippen LogP contribution < -0.4 is 0 Å². The summed E-state index contributed by atoms with van der Waals surface area (Å²) in [5.41, 5.74) is 2.63. The maximum atomic E-state index is 4.70. The molecule has 4 nitrogen and oxygen atoms in total. The Hall–Kier alpha value is -2.46. The molecule has 1 saturated heterocycles. The van der Waals surface area contributed by atoms with Gasteiger partial charge in [0, 0.05) is 56.4 Å². The molecule has 0 aliphatic carbocycles. The first-order chi connectivity index (χ1) is 12.8. The SMILES string of the molecule is CC(c1ccccc1)c1nccn1C1CCN(Cc2cccnc2)CC1. The van der Waals surface area contributed by atoms with Crippen molar-refractivity contribution in [3.05, 3.63) is 84.2 Å². The zero-order valence-corrected chi connectivity index (χ0v) is 15.3. The lowest BCUT2D eigenvalue weighted by Gasteiger charge is -2.33. The number of imidazole rings is 1. The van der Waals surface area contributed by atoms with E-state index in [0.717, 1.165) is 19.6 Å². The van der Waals surface area contributed by atoms with Crippen molar-refractivity contribution in [1.82, 2.24) is 19.4 Å². The standard InChI is InChI=1S/C22H26N4/c1-18(20-7-3-2-4-8-20)22-24-12-15-26(22)21-9-13-25(14-10-21)17-19-6-5-11-23-16-19/h2-8,11-12,15-16,18,21H,9-10,13-14,17H2,1H3. The molecular formula is C22H26N4. The first-order valence-corrected chi connectivity index (χ1v) is 9.50. The third kappa shape index (κ3) is 3.70. The summed E-state index contributed by atoms with van der Waals surface area (Å²) in [5, 5.41) is 0. The molecule has 1 atom stereocenters. The minimum absolute atomic E-state index is 0.319. The summed E-state index contributed by atoms with van der Waals surface area (Å²) in [6.45, 7) is 5.50. The van der Waals surface area contributed by atoms with Gasteiger partial charge in [-0.15, -0.1) is 0 Å². The fraction of sp³-hybridized carbons (Fsp3) is 0.364. The molecule has 134 valence electrons. The number of hydrogen-bond acceptors (Lipinski definition) is 3. The van der Waals surface area contributed by atoms with Crippen molar-refractivity contribution in [2.75, 3.05) is 13.1 Å². The van der Waals surface area contributed by atoms with Gasteiger partial charge in [-0.3, -0.25) is 9.88 Å². The minimum atomic E-state index is 0.319. The monoisotopic (exact) mass is 346 g/mol. The Kier molecular flexibility index (Phi) is 5.12. The predicted molar refractivity (Wildman–Crippen MR) is 104 cm³/mol. The first-order valence-electron chi connectivity index (χ1n) is 9.50. The number of aromatic nitrogens is 3. The summed E-state index contributed by atoms with van der Waals surface area (Å²) in [6.07, 6.45) is 10.3. The third-order valence-electron chi connectivity index (χ3n) is 5.46. The smallest absolute Gasteiger partial charge is 0.116 e. The molecule has 1 unspecified atom stereocenters. The third-order valence-corrected chi connectivity index (χ3v) is 5.46. The van der Waals surface area contributed by atoms with E-state index in [-0.39, 0.29) is 0 Å². The summed E-state index contributed by atoms with van der Waals surface area (Å²) in [4.78, 5) is 11.5. The summed E-state index contributed by atoms with van der Waals surface area (Å²) in [6, 6.07) is 15.4. The molecule has 3 heterocycles. The van der Waals surface area contributed by atoms with E-state index in [1.807, 2.05) is 24.7 Å². The minimum Gasteiger partial charge on any atom is -0.331 e. The van der Waals surface area contributed by atoms with E-state index in [0.29, 0.717) is 12.0 Å². The molecule has 2 aromatic heterocycles. The highest BCUT2D eigenvalue weighted by Crippen LogP contribution is 2.29. The van der Waals surface area contributed by atoms with Crippen LogP contribution >= 0.6 is 0 Å². The summed E-state index contributed by atoms with van der Waals surface area (Å²) < 4.78 is 2.42. The van der Waals surface area contributed by atoms with Gasteiger partial charge in [0.2, 0.25) is 0 Å². The number of nitrogens with zero attached hydrogens (tertiary/aromatic N) is 4. The lowest BCUT2D eigenvalue weighted by molar-refractivity contribution is 0.177. The number of hydrogen-bond donors (Lipinski definition) is 0. The van der Waals surface area contributed by atoms with Gasteiger partial charge < -0.3 is 4.57 Å². The number of rotatable bonds is 5. The molecule has 0 radical (unpaired) electrons. The molecule has 0 bridgehead atoms. The van der Waals surface area contributed by atoms with Crippen LogP contribution in [0.5, 0.6) is 0 Å². The Morgan fingerprint density at radius 2 is 1.85 bits per heavy atom. The van der Waals surface area contributed by atoms with Crippen LogP contribution in [0.15, 0.2) is 67.3 Å². The maximum Gasteiger partial charge on any atom is 0.116 e. The van der Waals surface area contributed by atoms with Crippen molar-refractivity contribution in [3.63, 3.8) is 0 Å². The Morgan fingerprint density at radius 1 is 1.04 bits per heavy atom. The second-order valence-corrected chi connectivity index (χ2v) is 7.19. The highest BCUT2D eigenvalue weighted by molar-refractivity contribution is 5.25. The van der Waals surface area contributed by atoms with Gasteiger partial charge in [-0.1, -0.05) is 43.3 Å². The van der Waals surface area contributed by atoms with Gasteiger partial charge in [0.1, 0.15) is 5.82 Å². The van der Waals surface area contributed by atoms with Crippen molar-refractivity contribution < 1.29 is 0 Å². The van der Waals surface area contributed by atoms with Gasteiger partial charge >= 0.3 is 0 Å². The molecule has 4 heteroatoms. The van der Waals surface area contributed by atoms with Crippen LogP contribution in [0.2, 0.25) is 0 Å². The summed E-state index contributed by atoms with van der Waals surface area (Å²) >= 11 is 0. The average molecular weight is 346 g/mol.